The first-order valence-corrected chi connectivity index (χ1v) is 7.12. The van der Waals surface area contributed by atoms with Crippen LogP contribution < -0.4 is 5.32 Å². The van der Waals surface area contributed by atoms with Gasteiger partial charge >= 0.3 is 12.1 Å². The van der Waals surface area contributed by atoms with Gasteiger partial charge in [0.1, 0.15) is 0 Å². The predicted octanol–water partition coefficient (Wildman–Crippen LogP) is 1.60. The molecule has 1 atom stereocenters. The van der Waals surface area contributed by atoms with E-state index in [1.54, 1.807) is 0 Å². The summed E-state index contributed by atoms with van der Waals surface area (Å²) in [5.74, 6) is -2.54. The zero-order chi connectivity index (χ0) is 17.2. The molecule has 2 aliphatic rings. The molecule has 1 aromatic carbocycles. The molecule has 0 spiro atoms. The van der Waals surface area contributed by atoms with Gasteiger partial charge in [0.2, 0.25) is 0 Å². The second-order valence-corrected chi connectivity index (χ2v) is 5.46. The number of nitrogens with one attached hydrogen (secondary N) is 1. The Morgan fingerprint density at radius 2 is 2.04 bits per heavy atom. The Bertz CT molecular complexity index is 616. The summed E-state index contributed by atoms with van der Waals surface area (Å²) >= 11 is 0. The quantitative estimate of drug-likeness (QED) is 0.758. The average Bonchev–Trinajstić information content (AvgIpc) is 2.48. The van der Waals surface area contributed by atoms with Crippen LogP contribution in [-0.4, -0.2) is 53.7 Å². The molecule has 2 heterocycles. The van der Waals surface area contributed by atoms with Gasteiger partial charge in [-0.15, -0.1) is 0 Å². The van der Waals surface area contributed by atoms with Crippen LogP contribution in [0.25, 0.3) is 0 Å². The highest BCUT2D eigenvalue weighted by molar-refractivity contribution is 5.97. The SMILES string of the molecule is Cc1cccc2c1C[C@@H]1CNCCN1C2=O.O=C(O)C(F)(F)F. The van der Waals surface area contributed by atoms with Gasteiger partial charge in [0.15, 0.2) is 0 Å². The van der Waals surface area contributed by atoms with Crippen molar-refractivity contribution in [3.63, 3.8) is 0 Å². The number of piperazine rings is 1. The van der Waals surface area contributed by atoms with E-state index in [-0.39, 0.29) is 5.91 Å². The van der Waals surface area contributed by atoms with Crippen molar-refractivity contribution in [2.75, 3.05) is 19.6 Å². The van der Waals surface area contributed by atoms with Crippen molar-refractivity contribution in [2.24, 2.45) is 0 Å². The minimum absolute atomic E-state index is 0.219. The molecule has 2 N–H and O–H groups in total. The predicted molar refractivity (Wildman–Crippen MR) is 76.3 cm³/mol. The Morgan fingerprint density at radius 1 is 1.39 bits per heavy atom. The van der Waals surface area contributed by atoms with E-state index >= 15 is 0 Å². The van der Waals surface area contributed by atoms with Crippen molar-refractivity contribution in [1.82, 2.24) is 10.2 Å². The number of aryl methyl sites for hydroxylation is 1. The fourth-order valence-electron chi connectivity index (χ4n) is 2.77. The van der Waals surface area contributed by atoms with Crippen LogP contribution >= 0.6 is 0 Å². The van der Waals surface area contributed by atoms with Gasteiger partial charge in [-0.2, -0.15) is 13.2 Å². The molecular formula is C15H17F3N2O3. The second-order valence-electron chi connectivity index (χ2n) is 5.46. The summed E-state index contributed by atoms with van der Waals surface area (Å²) < 4.78 is 31.7. The molecule has 126 valence electrons. The van der Waals surface area contributed by atoms with E-state index in [0.29, 0.717) is 6.04 Å². The molecule has 23 heavy (non-hydrogen) atoms. The number of carbonyl (C=O) groups is 2. The molecule has 1 aromatic rings. The van der Waals surface area contributed by atoms with E-state index in [9.17, 15) is 18.0 Å². The monoisotopic (exact) mass is 330 g/mol. The van der Waals surface area contributed by atoms with Gasteiger partial charge < -0.3 is 15.3 Å². The van der Waals surface area contributed by atoms with Gasteiger partial charge in [0.25, 0.3) is 5.91 Å². The molecule has 1 fully saturated rings. The lowest BCUT2D eigenvalue weighted by Gasteiger charge is -2.40. The van der Waals surface area contributed by atoms with Crippen molar-refractivity contribution < 1.29 is 27.9 Å². The van der Waals surface area contributed by atoms with Crippen molar-refractivity contribution in [3.8, 4) is 0 Å². The Hall–Kier alpha value is -2.09. The largest absolute Gasteiger partial charge is 0.490 e. The number of hydrogen-bond acceptors (Lipinski definition) is 3. The number of carboxylic acid groups (broad SMARTS) is 1. The van der Waals surface area contributed by atoms with Gasteiger partial charge in [-0.25, -0.2) is 4.79 Å². The first kappa shape index (κ1) is 17.3. The number of rotatable bonds is 0. The third-order valence-electron chi connectivity index (χ3n) is 3.93. The maximum absolute atomic E-state index is 12.3. The van der Waals surface area contributed by atoms with E-state index in [1.807, 2.05) is 17.0 Å². The Balaban J connectivity index is 0.000000236. The molecule has 8 heteroatoms. The number of hydrogen-bond donors (Lipinski definition) is 2. The summed E-state index contributed by atoms with van der Waals surface area (Å²) in [5.41, 5.74) is 3.41. The maximum atomic E-state index is 12.3. The smallest absolute Gasteiger partial charge is 0.475 e. The van der Waals surface area contributed by atoms with Gasteiger partial charge in [0.05, 0.1) is 0 Å². The Morgan fingerprint density at radius 3 is 2.65 bits per heavy atom. The molecule has 0 aromatic heterocycles. The molecule has 0 saturated carbocycles. The van der Waals surface area contributed by atoms with Crippen molar-refractivity contribution in [1.29, 1.82) is 0 Å². The number of halogens is 3. The van der Waals surface area contributed by atoms with Crippen LogP contribution in [0.15, 0.2) is 18.2 Å². The lowest BCUT2D eigenvalue weighted by Crippen LogP contribution is -2.56. The molecule has 2 aliphatic heterocycles. The van der Waals surface area contributed by atoms with Crippen LogP contribution in [0.2, 0.25) is 0 Å². The van der Waals surface area contributed by atoms with Gasteiger partial charge in [0, 0.05) is 31.2 Å². The highest BCUT2D eigenvalue weighted by Gasteiger charge is 2.38. The van der Waals surface area contributed by atoms with Crippen molar-refractivity contribution in [2.45, 2.75) is 25.6 Å². The van der Waals surface area contributed by atoms with Gasteiger partial charge in [-0.3, -0.25) is 4.79 Å². The van der Waals surface area contributed by atoms with E-state index in [1.165, 1.54) is 11.1 Å². The fraction of sp³-hybridized carbons (Fsp3) is 0.467. The number of carbonyl (C=O) groups excluding carboxylic acids is 1. The minimum Gasteiger partial charge on any atom is -0.475 e. The first-order chi connectivity index (χ1) is 10.7. The number of amides is 1. The normalized spacial score (nSPS) is 20.1. The zero-order valence-corrected chi connectivity index (χ0v) is 12.5. The summed E-state index contributed by atoms with van der Waals surface area (Å²) in [5, 5.41) is 10.5. The zero-order valence-electron chi connectivity index (χ0n) is 12.5. The van der Waals surface area contributed by atoms with E-state index in [4.69, 9.17) is 9.90 Å². The van der Waals surface area contributed by atoms with E-state index in [2.05, 4.69) is 18.3 Å². The summed E-state index contributed by atoms with van der Waals surface area (Å²) in [7, 11) is 0. The number of benzene rings is 1. The standard InChI is InChI=1S/C13H16N2O.C2HF3O2/c1-9-3-2-4-11-12(9)7-10-8-14-5-6-15(10)13(11)16;3-2(4,5)1(6)7/h2-4,10,14H,5-8H2,1H3;(H,6,7)/t10-;/m1./s1. The third-order valence-corrected chi connectivity index (χ3v) is 3.93. The molecular weight excluding hydrogens is 313 g/mol. The molecule has 1 saturated heterocycles. The molecule has 1 amide bonds. The maximum Gasteiger partial charge on any atom is 0.490 e. The minimum atomic E-state index is -5.08. The Labute approximate surface area is 131 Å². The number of fused-ring (bicyclic) bond motifs is 2. The summed E-state index contributed by atoms with van der Waals surface area (Å²) in [6.07, 6.45) is -4.08. The van der Waals surface area contributed by atoms with Crippen LogP contribution in [0.4, 0.5) is 13.2 Å². The van der Waals surface area contributed by atoms with Gasteiger partial charge in [-0.05, 0) is 30.5 Å². The molecule has 5 nitrogen and oxygen atoms in total. The number of carboxylic acids is 1. The van der Waals surface area contributed by atoms with Crippen LogP contribution in [0.3, 0.4) is 0 Å². The van der Waals surface area contributed by atoms with Crippen LogP contribution in [0, 0.1) is 6.92 Å². The highest BCUT2D eigenvalue weighted by atomic mass is 19.4. The van der Waals surface area contributed by atoms with E-state index in [0.717, 1.165) is 31.6 Å². The molecule has 0 unspecified atom stereocenters. The van der Waals surface area contributed by atoms with Crippen LogP contribution in [0.1, 0.15) is 21.5 Å². The summed E-state index contributed by atoms with van der Waals surface area (Å²) in [6.45, 7) is 4.79. The lowest BCUT2D eigenvalue weighted by atomic mass is 9.89. The number of alkyl halides is 3. The van der Waals surface area contributed by atoms with Crippen molar-refractivity contribution in [3.05, 3.63) is 34.9 Å². The summed E-state index contributed by atoms with van der Waals surface area (Å²) in [4.78, 5) is 23.2. The highest BCUT2D eigenvalue weighted by Crippen LogP contribution is 2.26. The van der Waals surface area contributed by atoms with Crippen LogP contribution in [0.5, 0.6) is 0 Å². The average molecular weight is 330 g/mol. The van der Waals surface area contributed by atoms with Gasteiger partial charge in [-0.1, -0.05) is 12.1 Å². The number of nitrogens with zero attached hydrogens (tertiary/aromatic N) is 1. The topological polar surface area (TPSA) is 69.6 Å². The number of aliphatic carboxylic acids is 1. The third kappa shape index (κ3) is 3.82. The van der Waals surface area contributed by atoms with Crippen LogP contribution in [-0.2, 0) is 11.2 Å². The Kier molecular flexibility index (Phi) is 4.93. The molecule has 3 rings (SSSR count). The first-order valence-electron chi connectivity index (χ1n) is 7.12. The van der Waals surface area contributed by atoms with E-state index < -0.39 is 12.1 Å². The van der Waals surface area contributed by atoms with Crippen molar-refractivity contribution >= 4 is 11.9 Å². The molecule has 0 radical (unpaired) electrons. The second kappa shape index (κ2) is 6.57. The molecule has 0 bridgehead atoms. The lowest BCUT2D eigenvalue weighted by molar-refractivity contribution is -0.192. The molecule has 0 aliphatic carbocycles. The summed E-state index contributed by atoms with van der Waals surface area (Å²) in [6, 6.07) is 6.39. The fourth-order valence-corrected chi connectivity index (χ4v) is 2.77.